The van der Waals surface area contributed by atoms with Gasteiger partial charge >= 0.3 is 0 Å². The van der Waals surface area contributed by atoms with E-state index in [4.69, 9.17) is 10.5 Å². The van der Waals surface area contributed by atoms with Crippen LogP contribution in [0.2, 0.25) is 0 Å². The number of nitrogens with two attached hydrogens (primary N) is 1. The molecule has 0 bridgehead atoms. The van der Waals surface area contributed by atoms with E-state index in [1.165, 1.54) is 4.88 Å². The van der Waals surface area contributed by atoms with Gasteiger partial charge in [0.2, 0.25) is 0 Å². The van der Waals surface area contributed by atoms with Crippen molar-refractivity contribution < 1.29 is 13.9 Å². The standard InChI is InChI=1S/C24H31FN4O2S/c1-17-15-23(31-19-3-13-32-21(17)19)4-11-29(12-5-23)22(30)24(25)6-9-28(10-7-24)16-18-2-8-27-20(26)14-18/h2-3,8,13-14,17H,4-7,9-12,15-16H2,1H3,(H2,26,27). The van der Waals surface area contributed by atoms with Crippen LogP contribution in [-0.4, -0.2) is 58.1 Å². The van der Waals surface area contributed by atoms with Crippen LogP contribution in [0.3, 0.4) is 0 Å². The molecule has 2 aromatic heterocycles. The summed E-state index contributed by atoms with van der Waals surface area (Å²) in [5.74, 6) is 1.62. The number of hydrogen-bond donors (Lipinski definition) is 1. The number of hydrogen-bond acceptors (Lipinski definition) is 6. The average molecular weight is 459 g/mol. The Morgan fingerprint density at radius 3 is 2.72 bits per heavy atom. The van der Waals surface area contributed by atoms with Gasteiger partial charge in [0.25, 0.3) is 5.91 Å². The molecular weight excluding hydrogens is 427 g/mol. The molecule has 1 amide bonds. The second kappa shape index (κ2) is 8.30. The largest absolute Gasteiger partial charge is 0.486 e. The fraction of sp³-hybridized carbons (Fsp3) is 0.583. The highest BCUT2D eigenvalue weighted by Crippen LogP contribution is 2.47. The number of fused-ring (bicyclic) bond motifs is 1. The molecule has 2 aromatic rings. The van der Waals surface area contributed by atoms with Gasteiger partial charge in [-0.25, -0.2) is 9.37 Å². The third-order valence-corrected chi connectivity index (χ3v) is 8.48. The molecule has 1 atom stereocenters. The summed E-state index contributed by atoms with van der Waals surface area (Å²) in [6, 6.07) is 5.83. The van der Waals surface area contributed by atoms with E-state index in [0.717, 1.165) is 30.6 Å². The van der Waals surface area contributed by atoms with E-state index in [9.17, 15) is 4.79 Å². The molecule has 0 radical (unpaired) electrons. The minimum absolute atomic E-state index is 0.219. The molecule has 2 N–H and O–H groups in total. The van der Waals surface area contributed by atoms with Crippen LogP contribution in [0, 0.1) is 0 Å². The van der Waals surface area contributed by atoms with Gasteiger partial charge in [0, 0.05) is 69.5 Å². The predicted octanol–water partition coefficient (Wildman–Crippen LogP) is 3.98. The summed E-state index contributed by atoms with van der Waals surface area (Å²) in [4.78, 5) is 22.4. The zero-order valence-electron chi connectivity index (χ0n) is 18.6. The lowest BCUT2D eigenvalue weighted by atomic mass is 9.80. The lowest BCUT2D eigenvalue weighted by Gasteiger charge is -2.47. The minimum atomic E-state index is -1.76. The minimum Gasteiger partial charge on any atom is -0.486 e. The molecule has 32 heavy (non-hydrogen) atoms. The maximum Gasteiger partial charge on any atom is 0.260 e. The molecule has 3 aliphatic heterocycles. The van der Waals surface area contributed by atoms with Crippen molar-refractivity contribution in [3.05, 3.63) is 40.2 Å². The fourth-order valence-corrected chi connectivity index (χ4v) is 6.40. The van der Waals surface area contributed by atoms with E-state index in [1.807, 2.05) is 12.1 Å². The molecule has 5 heterocycles. The lowest BCUT2D eigenvalue weighted by molar-refractivity contribution is -0.151. The smallest absolute Gasteiger partial charge is 0.260 e. The van der Waals surface area contributed by atoms with Gasteiger partial charge in [-0.05, 0) is 41.5 Å². The van der Waals surface area contributed by atoms with Crippen molar-refractivity contribution in [2.45, 2.75) is 62.8 Å². The number of nitrogens with zero attached hydrogens (tertiary/aromatic N) is 3. The first-order valence-corrected chi connectivity index (χ1v) is 12.4. The third-order valence-electron chi connectivity index (χ3n) is 7.35. The number of carbonyl (C=O) groups excluding carboxylic acids is 1. The van der Waals surface area contributed by atoms with Crippen molar-refractivity contribution in [3.63, 3.8) is 0 Å². The molecule has 2 saturated heterocycles. The molecule has 5 rings (SSSR count). The highest BCUT2D eigenvalue weighted by Gasteiger charge is 2.48. The normalized spacial score (nSPS) is 24.7. The van der Waals surface area contributed by atoms with E-state index in [0.29, 0.717) is 44.5 Å². The number of thiophene rings is 1. The number of rotatable bonds is 3. The molecule has 6 nitrogen and oxygen atoms in total. The van der Waals surface area contributed by atoms with E-state index in [1.54, 1.807) is 22.4 Å². The first kappa shape index (κ1) is 21.6. The number of ether oxygens (including phenoxy) is 1. The predicted molar refractivity (Wildman–Crippen MR) is 124 cm³/mol. The van der Waals surface area contributed by atoms with Gasteiger partial charge in [0.1, 0.15) is 17.2 Å². The van der Waals surface area contributed by atoms with Crippen molar-refractivity contribution in [3.8, 4) is 5.75 Å². The van der Waals surface area contributed by atoms with Crippen molar-refractivity contribution in [2.24, 2.45) is 0 Å². The number of halogens is 1. The van der Waals surface area contributed by atoms with Crippen LogP contribution in [0.4, 0.5) is 10.2 Å². The summed E-state index contributed by atoms with van der Waals surface area (Å²) >= 11 is 1.75. The van der Waals surface area contributed by atoms with Gasteiger partial charge in [-0.1, -0.05) is 6.92 Å². The summed E-state index contributed by atoms with van der Waals surface area (Å²) in [6.45, 7) is 5.20. The van der Waals surface area contributed by atoms with E-state index in [2.05, 4.69) is 28.3 Å². The highest BCUT2D eigenvalue weighted by molar-refractivity contribution is 7.10. The van der Waals surface area contributed by atoms with Gasteiger partial charge in [-0.15, -0.1) is 11.3 Å². The van der Waals surface area contributed by atoms with Gasteiger partial charge in [0.05, 0.1) is 0 Å². The molecule has 0 aromatic carbocycles. The topological polar surface area (TPSA) is 71.7 Å². The first-order chi connectivity index (χ1) is 15.4. The summed E-state index contributed by atoms with van der Waals surface area (Å²) in [6.07, 6.45) is 4.67. The van der Waals surface area contributed by atoms with E-state index in [-0.39, 0.29) is 24.3 Å². The molecule has 172 valence electrons. The van der Waals surface area contributed by atoms with Crippen LogP contribution in [0.15, 0.2) is 29.8 Å². The number of nitrogen functional groups attached to an aromatic ring is 1. The van der Waals surface area contributed by atoms with Crippen molar-refractivity contribution in [1.29, 1.82) is 0 Å². The second-order valence-electron chi connectivity index (χ2n) is 9.66. The van der Waals surface area contributed by atoms with Crippen LogP contribution in [0.1, 0.15) is 55.4 Å². The van der Waals surface area contributed by atoms with Crippen molar-refractivity contribution in [2.75, 3.05) is 31.9 Å². The SMILES string of the molecule is CC1CC2(CCN(C(=O)C3(F)CCN(Cc4ccnc(N)c4)CC3)CC2)Oc2ccsc21. The quantitative estimate of drug-likeness (QED) is 0.753. The van der Waals surface area contributed by atoms with Gasteiger partial charge < -0.3 is 15.4 Å². The molecular formula is C24H31FN4O2S. The van der Waals surface area contributed by atoms with E-state index >= 15 is 4.39 Å². The van der Waals surface area contributed by atoms with Crippen molar-refractivity contribution in [1.82, 2.24) is 14.8 Å². The third kappa shape index (κ3) is 4.10. The number of aromatic nitrogens is 1. The first-order valence-electron chi connectivity index (χ1n) is 11.5. The number of carbonyl (C=O) groups is 1. The average Bonchev–Trinajstić information content (AvgIpc) is 3.24. The highest BCUT2D eigenvalue weighted by atomic mass is 32.1. The number of piperidine rings is 2. The Morgan fingerprint density at radius 1 is 1.25 bits per heavy atom. The second-order valence-corrected chi connectivity index (χ2v) is 10.6. The number of amides is 1. The van der Waals surface area contributed by atoms with Crippen LogP contribution < -0.4 is 10.5 Å². The van der Waals surface area contributed by atoms with Crippen LogP contribution in [-0.2, 0) is 11.3 Å². The maximum atomic E-state index is 15.7. The Hall–Kier alpha value is -2.19. The Kier molecular flexibility index (Phi) is 5.61. The molecule has 1 spiro atoms. The van der Waals surface area contributed by atoms with Crippen LogP contribution in [0.25, 0.3) is 0 Å². The number of pyridine rings is 1. The summed E-state index contributed by atoms with van der Waals surface area (Å²) < 4.78 is 22.1. The molecule has 2 fully saturated rings. The summed E-state index contributed by atoms with van der Waals surface area (Å²) in [5, 5.41) is 2.09. The number of anilines is 1. The Balaban J connectivity index is 1.16. The molecule has 8 heteroatoms. The number of likely N-dealkylation sites (tertiary alicyclic amines) is 2. The summed E-state index contributed by atoms with van der Waals surface area (Å²) in [5.41, 5.74) is 4.84. The molecule has 0 aliphatic carbocycles. The van der Waals surface area contributed by atoms with Crippen LogP contribution >= 0.6 is 11.3 Å². The summed E-state index contributed by atoms with van der Waals surface area (Å²) in [7, 11) is 0. The lowest BCUT2D eigenvalue weighted by Crippen LogP contribution is -2.57. The maximum absolute atomic E-state index is 15.7. The van der Waals surface area contributed by atoms with E-state index < -0.39 is 5.67 Å². The molecule has 0 saturated carbocycles. The van der Waals surface area contributed by atoms with Gasteiger partial charge in [-0.2, -0.15) is 0 Å². The molecule has 1 unspecified atom stereocenters. The number of alkyl halides is 1. The zero-order valence-corrected chi connectivity index (χ0v) is 19.4. The van der Waals surface area contributed by atoms with Gasteiger partial charge in [-0.3, -0.25) is 9.69 Å². The molecule has 3 aliphatic rings. The Labute approximate surface area is 192 Å². The van der Waals surface area contributed by atoms with Crippen molar-refractivity contribution >= 4 is 23.1 Å². The van der Waals surface area contributed by atoms with Gasteiger partial charge in [0.15, 0.2) is 5.67 Å². The monoisotopic (exact) mass is 458 g/mol. The van der Waals surface area contributed by atoms with Crippen LogP contribution in [0.5, 0.6) is 5.75 Å². The Bertz CT molecular complexity index is 980. The Morgan fingerprint density at radius 2 is 2.00 bits per heavy atom. The fourth-order valence-electron chi connectivity index (χ4n) is 5.52. The zero-order chi connectivity index (χ0) is 22.3.